The van der Waals surface area contributed by atoms with Gasteiger partial charge in [-0.3, -0.25) is 4.57 Å². The van der Waals surface area contributed by atoms with Gasteiger partial charge in [0.15, 0.2) is 17.8 Å². The number of methoxy groups -OCH3 is 1. The van der Waals surface area contributed by atoms with Crippen LogP contribution in [-0.2, 0) is 21.0 Å². The van der Waals surface area contributed by atoms with Crippen LogP contribution in [0.3, 0.4) is 0 Å². The van der Waals surface area contributed by atoms with Crippen molar-refractivity contribution < 1.29 is 24.1 Å². The Hall–Kier alpha value is -2.46. The quantitative estimate of drug-likeness (QED) is 0.483. The van der Waals surface area contributed by atoms with Crippen LogP contribution in [0.15, 0.2) is 6.33 Å². The minimum Gasteiger partial charge on any atom is -0.466 e. The molecule has 2 rings (SSSR count). The van der Waals surface area contributed by atoms with E-state index in [0.717, 1.165) is 0 Å². The first-order valence-corrected chi connectivity index (χ1v) is 6.02. The van der Waals surface area contributed by atoms with Crippen molar-refractivity contribution in [1.29, 1.82) is 0 Å². The third kappa shape index (κ3) is 3.55. The number of rotatable bonds is 7. The van der Waals surface area contributed by atoms with E-state index in [0.29, 0.717) is 11.2 Å². The van der Waals surface area contributed by atoms with Crippen LogP contribution in [0.5, 0.6) is 5.88 Å². The summed E-state index contributed by atoms with van der Waals surface area (Å²) in [5.41, 5.74) is 6.36. The smallest absolute Gasteiger partial charge is 0.343 e. The number of carbonyl (C=O) groups is 1. The molecule has 0 saturated carbocycles. The molecule has 0 aliphatic carbocycles. The van der Waals surface area contributed by atoms with Crippen molar-refractivity contribution in [1.82, 2.24) is 19.5 Å². The van der Waals surface area contributed by atoms with Crippen molar-refractivity contribution in [3.8, 4) is 5.88 Å². The summed E-state index contributed by atoms with van der Waals surface area (Å²) in [7, 11) is 1.25. The van der Waals surface area contributed by atoms with Crippen LogP contribution >= 0.6 is 0 Å². The van der Waals surface area contributed by atoms with Crippen LogP contribution in [0.4, 0.5) is 5.95 Å². The largest absolute Gasteiger partial charge is 0.466 e. The number of imidazole rings is 1. The highest BCUT2D eigenvalue weighted by Crippen LogP contribution is 2.21. The second-order valence-electron chi connectivity index (χ2n) is 3.90. The summed E-state index contributed by atoms with van der Waals surface area (Å²) >= 11 is 0. The summed E-state index contributed by atoms with van der Waals surface area (Å²) < 4.78 is 16.5. The number of nitrogens with zero attached hydrogens (tertiary/aromatic N) is 4. The predicted molar refractivity (Wildman–Crippen MR) is 70.3 cm³/mol. The summed E-state index contributed by atoms with van der Waals surface area (Å²) in [6, 6.07) is 0. The average Bonchev–Trinajstić information content (AvgIpc) is 2.87. The molecule has 0 atom stereocenters. The second-order valence-corrected chi connectivity index (χ2v) is 3.90. The van der Waals surface area contributed by atoms with Crippen LogP contribution in [-0.4, -0.2) is 57.5 Å². The van der Waals surface area contributed by atoms with Gasteiger partial charge in [-0.2, -0.15) is 9.97 Å². The van der Waals surface area contributed by atoms with Gasteiger partial charge in [0, 0.05) is 0 Å². The van der Waals surface area contributed by atoms with E-state index in [1.165, 1.54) is 13.4 Å². The second kappa shape index (κ2) is 6.81. The number of nitrogen functional groups attached to an aromatic ring is 1. The maximum absolute atomic E-state index is 11.1. The first-order chi connectivity index (χ1) is 10.2. The Bertz CT molecular complexity index is 629. The van der Waals surface area contributed by atoms with E-state index >= 15 is 0 Å². The number of fused-ring (bicyclic) bond motifs is 1. The molecule has 10 nitrogen and oxygen atoms in total. The SMILES string of the molecule is COC(=O)COc1nc(N)nc2c1ncn2COCCO. The Labute approximate surface area is 119 Å². The number of anilines is 1. The fraction of sp³-hybridized carbons (Fsp3) is 0.455. The zero-order valence-electron chi connectivity index (χ0n) is 11.4. The molecular formula is C11H15N5O5. The summed E-state index contributed by atoms with van der Waals surface area (Å²) in [6.07, 6.45) is 1.47. The van der Waals surface area contributed by atoms with Gasteiger partial charge < -0.3 is 25.1 Å². The maximum atomic E-state index is 11.1. The Morgan fingerprint density at radius 2 is 2.29 bits per heavy atom. The minimum atomic E-state index is -0.550. The van der Waals surface area contributed by atoms with Crippen LogP contribution in [0.25, 0.3) is 11.2 Å². The standard InChI is InChI=1S/C11H15N5O5/c1-19-7(18)4-21-10-8-9(14-11(12)15-10)16(5-13-8)6-20-3-2-17/h5,17H,2-4,6H2,1H3,(H2,12,14,15). The minimum absolute atomic E-state index is 0.0220. The van der Waals surface area contributed by atoms with Gasteiger partial charge in [0.1, 0.15) is 6.73 Å². The van der Waals surface area contributed by atoms with Gasteiger partial charge in [-0.15, -0.1) is 0 Å². The van der Waals surface area contributed by atoms with E-state index in [4.69, 9.17) is 20.3 Å². The number of ether oxygens (including phenoxy) is 3. The summed E-state index contributed by atoms with van der Waals surface area (Å²) in [5, 5.41) is 8.68. The van der Waals surface area contributed by atoms with E-state index in [1.54, 1.807) is 4.57 Å². The maximum Gasteiger partial charge on any atom is 0.343 e. The number of aliphatic hydroxyl groups excluding tert-OH is 1. The molecule has 0 bridgehead atoms. The number of esters is 1. The summed E-state index contributed by atoms with van der Waals surface area (Å²) in [5.74, 6) is -0.485. The highest BCUT2D eigenvalue weighted by Gasteiger charge is 2.14. The van der Waals surface area contributed by atoms with Gasteiger partial charge >= 0.3 is 5.97 Å². The molecule has 0 aliphatic heterocycles. The van der Waals surface area contributed by atoms with Crippen molar-refractivity contribution in [3.05, 3.63) is 6.33 Å². The van der Waals surface area contributed by atoms with Gasteiger partial charge in [-0.05, 0) is 0 Å². The van der Waals surface area contributed by atoms with Crippen LogP contribution in [0.1, 0.15) is 0 Å². The lowest BCUT2D eigenvalue weighted by atomic mass is 10.5. The fourth-order valence-electron chi connectivity index (χ4n) is 1.54. The molecule has 0 fully saturated rings. The molecule has 21 heavy (non-hydrogen) atoms. The number of hydrogen-bond acceptors (Lipinski definition) is 9. The highest BCUT2D eigenvalue weighted by atomic mass is 16.6. The van der Waals surface area contributed by atoms with Crippen LogP contribution in [0, 0.1) is 0 Å². The zero-order valence-corrected chi connectivity index (χ0v) is 11.4. The Morgan fingerprint density at radius 1 is 1.48 bits per heavy atom. The fourth-order valence-corrected chi connectivity index (χ4v) is 1.54. The van der Waals surface area contributed by atoms with Crippen molar-refractivity contribution in [2.75, 3.05) is 32.7 Å². The number of aromatic nitrogens is 4. The topological polar surface area (TPSA) is 135 Å². The molecule has 0 saturated heterocycles. The van der Waals surface area contributed by atoms with Gasteiger partial charge in [-0.25, -0.2) is 9.78 Å². The number of carbonyl (C=O) groups excluding carboxylic acids is 1. The van der Waals surface area contributed by atoms with E-state index in [1.807, 2.05) is 0 Å². The van der Waals surface area contributed by atoms with Gasteiger partial charge in [-0.1, -0.05) is 0 Å². The van der Waals surface area contributed by atoms with E-state index in [2.05, 4.69) is 19.7 Å². The van der Waals surface area contributed by atoms with Crippen LogP contribution < -0.4 is 10.5 Å². The van der Waals surface area contributed by atoms with Crippen LogP contribution in [0.2, 0.25) is 0 Å². The molecule has 0 radical (unpaired) electrons. The molecule has 0 aliphatic rings. The first kappa shape index (κ1) is 14.9. The highest BCUT2D eigenvalue weighted by molar-refractivity contribution is 5.78. The average molecular weight is 297 g/mol. The van der Waals surface area contributed by atoms with Crippen molar-refractivity contribution in [3.63, 3.8) is 0 Å². The molecule has 0 aromatic carbocycles. The van der Waals surface area contributed by atoms with Crippen molar-refractivity contribution >= 4 is 23.1 Å². The summed E-state index contributed by atoms with van der Waals surface area (Å²) in [6.45, 7) is -0.0664. The predicted octanol–water partition coefficient (Wildman–Crippen LogP) is -1.07. The molecular weight excluding hydrogens is 282 g/mol. The van der Waals surface area contributed by atoms with E-state index < -0.39 is 5.97 Å². The lowest BCUT2D eigenvalue weighted by molar-refractivity contribution is -0.142. The molecule has 0 unspecified atom stereocenters. The third-order valence-electron chi connectivity index (χ3n) is 2.47. The lowest BCUT2D eigenvalue weighted by Crippen LogP contribution is -2.14. The van der Waals surface area contributed by atoms with E-state index in [9.17, 15) is 4.79 Å². The number of aliphatic hydroxyl groups is 1. The molecule has 0 spiro atoms. The molecule has 3 N–H and O–H groups in total. The molecule has 0 amide bonds. The van der Waals surface area contributed by atoms with Gasteiger partial charge in [0.25, 0.3) is 0 Å². The Morgan fingerprint density at radius 3 is 3.00 bits per heavy atom. The third-order valence-corrected chi connectivity index (χ3v) is 2.47. The van der Waals surface area contributed by atoms with Crippen molar-refractivity contribution in [2.24, 2.45) is 0 Å². The normalized spacial score (nSPS) is 10.8. The Balaban J connectivity index is 2.23. The summed E-state index contributed by atoms with van der Waals surface area (Å²) in [4.78, 5) is 23.1. The Kier molecular flexibility index (Phi) is 4.85. The van der Waals surface area contributed by atoms with Gasteiger partial charge in [0.2, 0.25) is 11.8 Å². The van der Waals surface area contributed by atoms with E-state index in [-0.39, 0.29) is 38.4 Å². The lowest BCUT2D eigenvalue weighted by Gasteiger charge is -2.07. The zero-order chi connectivity index (χ0) is 15.2. The first-order valence-electron chi connectivity index (χ1n) is 6.02. The molecule has 2 heterocycles. The molecule has 2 aromatic rings. The molecule has 114 valence electrons. The number of nitrogens with two attached hydrogens (primary N) is 1. The molecule has 2 aromatic heterocycles. The monoisotopic (exact) mass is 297 g/mol. The van der Waals surface area contributed by atoms with Gasteiger partial charge in [0.05, 0.1) is 26.7 Å². The van der Waals surface area contributed by atoms with Crippen molar-refractivity contribution in [2.45, 2.75) is 6.73 Å². The molecule has 10 heteroatoms. The number of hydrogen-bond donors (Lipinski definition) is 2.